The highest BCUT2D eigenvalue weighted by molar-refractivity contribution is 7.99. The van der Waals surface area contributed by atoms with Gasteiger partial charge in [0.05, 0.1) is 6.04 Å². The van der Waals surface area contributed by atoms with Crippen molar-refractivity contribution in [1.82, 2.24) is 4.90 Å². The second kappa shape index (κ2) is 6.13. The van der Waals surface area contributed by atoms with Crippen LogP contribution in [0.15, 0.2) is 16.5 Å². The summed E-state index contributed by atoms with van der Waals surface area (Å²) in [6.07, 6.45) is 0.975. The molecule has 2 N–H and O–H groups in total. The van der Waals surface area contributed by atoms with Crippen molar-refractivity contribution in [3.05, 3.63) is 23.7 Å². The molecule has 1 aromatic rings. The third kappa shape index (κ3) is 3.11. The molecule has 2 heterocycles. The molecule has 0 radical (unpaired) electrons. The smallest absolute Gasteiger partial charge is 0.122 e. The molecule has 2 rings (SSSR count). The van der Waals surface area contributed by atoms with Gasteiger partial charge in [0.25, 0.3) is 0 Å². The van der Waals surface area contributed by atoms with E-state index < -0.39 is 0 Å². The number of aryl methyl sites for hydroxylation is 1. The average molecular weight is 268 g/mol. The van der Waals surface area contributed by atoms with Gasteiger partial charge in [-0.15, -0.1) is 0 Å². The number of thioether (sulfide) groups is 1. The molecule has 0 aromatic carbocycles. The molecule has 1 aliphatic rings. The SMILES string of the molecule is CCC(N)C(c1ccc(C)o1)N1CCSC(C)C1. The Kier molecular flexibility index (Phi) is 4.76. The van der Waals surface area contributed by atoms with E-state index in [2.05, 4.69) is 24.8 Å². The largest absolute Gasteiger partial charge is 0.465 e. The summed E-state index contributed by atoms with van der Waals surface area (Å²) in [6.45, 7) is 8.64. The maximum Gasteiger partial charge on any atom is 0.122 e. The highest BCUT2D eigenvalue weighted by atomic mass is 32.2. The summed E-state index contributed by atoms with van der Waals surface area (Å²) >= 11 is 2.05. The minimum Gasteiger partial charge on any atom is -0.465 e. The quantitative estimate of drug-likeness (QED) is 0.912. The van der Waals surface area contributed by atoms with E-state index in [0.29, 0.717) is 5.25 Å². The zero-order valence-electron chi connectivity index (χ0n) is 11.6. The van der Waals surface area contributed by atoms with Crippen LogP contribution in [0.1, 0.15) is 37.8 Å². The topological polar surface area (TPSA) is 42.4 Å². The lowest BCUT2D eigenvalue weighted by Crippen LogP contribution is -2.46. The van der Waals surface area contributed by atoms with Gasteiger partial charge in [-0.2, -0.15) is 11.8 Å². The van der Waals surface area contributed by atoms with Crippen LogP contribution >= 0.6 is 11.8 Å². The predicted octanol–water partition coefficient (Wildman–Crippen LogP) is 2.80. The highest BCUT2D eigenvalue weighted by Gasteiger charge is 2.31. The molecule has 0 aliphatic carbocycles. The van der Waals surface area contributed by atoms with Gasteiger partial charge in [0, 0.05) is 30.1 Å². The first kappa shape index (κ1) is 14.0. The standard InChI is InChI=1S/C14H24N2OS/c1-4-12(15)14(13-6-5-10(2)17-13)16-7-8-18-11(3)9-16/h5-6,11-12,14H,4,7-9,15H2,1-3H3. The minimum absolute atomic E-state index is 0.144. The van der Waals surface area contributed by atoms with Gasteiger partial charge in [0.15, 0.2) is 0 Å². The molecule has 0 saturated carbocycles. The fourth-order valence-corrected chi connectivity index (χ4v) is 3.63. The van der Waals surface area contributed by atoms with E-state index in [1.807, 2.05) is 24.8 Å². The van der Waals surface area contributed by atoms with Crippen molar-refractivity contribution >= 4 is 11.8 Å². The highest BCUT2D eigenvalue weighted by Crippen LogP contribution is 2.31. The second-order valence-electron chi connectivity index (χ2n) is 5.14. The maximum absolute atomic E-state index is 6.33. The molecule has 1 saturated heterocycles. The van der Waals surface area contributed by atoms with E-state index >= 15 is 0 Å². The Morgan fingerprint density at radius 3 is 2.89 bits per heavy atom. The fraction of sp³-hybridized carbons (Fsp3) is 0.714. The Balaban J connectivity index is 2.19. The Morgan fingerprint density at radius 2 is 2.33 bits per heavy atom. The molecule has 0 amide bonds. The number of hydrogen-bond donors (Lipinski definition) is 1. The lowest BCUT2D eigenvalue weighted by molar-refractivity contribution is 0.153. The molecule has 3 atom stereocenters. The molecular weight excluding hydrogens is 244 g/mol. The summed E-state index contributed by atoms with van der Waals surface area (Å²) in [5.41, 5.74) is 6.33. The number of nitrogens with zero attached hydrogens (tertiary/aromatic N) is 1. The fourth-order valence-electron chi connectivity index (χ4n) is 2.60. The van der Waals surface area contributed by atoms with Crippen LogP contribution in [-0.2, 0) is 0 Å². The van der Waals surface area contributed by atoms with Crippen molar-refractivity contribution in [3.8, 4) is 0 Å². The van der Waals surface area contributed by atoms with E-state index in [4.69, 9.17) is 10.2 Å². The number of furan rings is 1. The number of rotatable bonds is 4. The van der Waals surface area contributed by atoms with Crippen LogP contribution in [0.4, 0.5) is 0 Å². The van der Waals surface area contributed by atoms with Crippen LogP contribution in [0.5, 0.6) is 0 Å². The molecular formula is C14H24N2OS. The van der Waals surface area contributed by atoms with Crippen LogP contribution in [0.3, 0.4) is 0 Å². The summed E-state index contributed by atoms with van der Waals surface area (Å²) in [4.78, 5) is 2.49. The van der Waals surface area contributed by atoms with Gasteiger partial charge in [-0.3, -0.25) is 4.90 Å². The zero-order valence-corrected chi connectivity index (χ0v) is 12.4. The molecule has 102 valence electrons. The molecule has 3 unspecified atom stereocenters. The van der Waals surface area contributed by atoms with Crippen molar-refractivity contribution in [1.29, 1.82) is 0 Å². The zero-order chi connectivity index (χ0) is 13.1. The van der Waals surface area contributed by atoms with E-state index in [1.165, 1.54) is 5.75 Å². The maximum atomic E-state index is 6.33. The van der Waals surface area contributed by atoms with Crippen molar-refractivity contribution in [2.45, 2.75) is 44.5 Å². The Bertz CT molecular complexity index is 380. The van der Waals surface area contributed by atoms with Crippen molar-refractivity contribution in [3.63, 3.8) is 0 Å². The van der Waals surface area contributed by atoms with Gasteiger partial charge in [-0.1, -0.05) is 13.8 Å². The third-order valence-corrected chi connectivity index (χ3v) is 4.73. The molecule has 0 spiro atoms. The van der Waals surface area contributed by atoms with Gasteiger partial charge in [-0.05, 0) is 25.5 Å². The van der Waals surface area contributed by atoms with Crippen LogP contribution in [0, 0.1) is 6.92 Å². The molecule has 1 fully saturated rings. The van der Waals surface area contributed by atoms with E-state index in [0.717, 1.165) is 31.0 Å². The molecule has 1 aromatic heterocycles. The Labute approximate surface area is 114 Å². The average Bonchev–Trinajstić information content (AvgIpc) is 2.76. The number of hydrogen-bond acceptors (Lipinski definition) is 4. The first-order valence-corrected chi connectivity index (χ1v) is 7.84. The molecule has 0 bridgehead atoms. The summed E-state index contributed by atoms with van der Waals surface area (Å²) in [5.74, 6) is 3.19. The first-order chi connectivity index (χ1) is 8.61. The van der Waals surface area contributed by atoms with Crippen LogP contribution in [0.2, 0.25) is 0 Å². The van der Waals surface area contributed by atoms with Gasteiger partial charge in [0.1, 0.15) is 11.5 Å². The van der Waals surface area contributed by atoms with Crippen molar-refractivity contribution < 1.29 is 4.42 Å². The predicted molar refractivity (Wildman–Crippen MR) is 77.9 cm³/mol. The molecule has 4 heteroatoms. The van der Waals surface area contributed by atoms with Gasteiger partial charge >= 0.3 is 0 Å². The molecule has 3 nitrogen and oxygen atoms in total. The monoisotopic (exact) mass is 268 g/mol. The van der Waals surface area contributed by atoms with Gasteiger partial charge < -0.3 is 10.2 Å². The minimum atomic E-state index is 0.144. The number of nitrogens with two attached hydrogens (primary N) is 1. The lowest BCUT2D eigenvalue weighted by atomic mass is 10.0. The van der Waals surface area contributed by atoms with Crippen LogP contribution in [0.25, 0.3) is 0 Å². The summed E-state index contributed by atoms with van der Waals surface area (Å²) < 4.78 is 5.83. The van der Waals surface area contributed by atoms with Gasteiger partial charge in [0.2, 0.25) is 0 Å². The van der Waals surface area contributed by atoms with E-state index in [1.54, 1.807) is 0 Å². The Morgan fingerprint density at radius 1 is 1.56 bits per heavy atom. The van der Waals surface area contributed by atoms with Crippen molar-refractivity contribution in [2.75, 3.05) is 18.8 Å². The third-order valence-electron chi connectivity index (χ3n) is 3.60. The van der Waals surface area contributed by atoms with E-state index in [-0.39, 0.29) is 12.1 Å². The van der Waals surface area contributed by atoms with Crippen LogP contribution in [-0.4, -0.2) is 35.0 Å². The lowest BCUT2D eigenvalue weighted by Gasteiger charge is -2.38. The van der Waals surface area contributed by atoms with Crippen LogP contribution < -0.4 is 5.73 Å². The van der Waals surface area contributed by atoms with Crippen molar-refractivity contribution in [2.24, 2.45) is 5.73 Å². The first-order valence-electron chi connectivity index (χ1n) is 6.79. The Hall–Kier alpha value is -0.450. The van der Waals surface area contributed by atoms with Gasteiger partial charge in [-0.25, -0.2) is 0 Å². The molecule has 18 heavy (non-hydrogen) atoms. The second-order valence-corrected chi connectivity index (χ2v) is 6.69. The summed E-state index contributed by atoms with van der Waals surface area (Å²) in [5, 5.41) is 0.682. The summed E-state index contributed by atoms with van der Waals surface area (Å²) in [6, 6.07) is 4.49. The summed E-state index contributed by atoms with van der Waals surface area (Å²) in [7, 11) is 0. The van der Waals surface area contributed by atoms with E-state index in [9.17, 15) is 0 Å². The molecule has 1 aliphatic heterocycles. The normalized spacial score (nSPS) is 25.0.